The molecule has 1 aromatic rings. The molecule has 0 radical (unpaired) electrons. The highest BCUT2D eigenvalue weighted by Crippen LogP contribution is 2.30. The second kappa shape index (κ2) is 7.11. The van der Waals surface area contributed by atoms with Crippen molar-refractivity contribution in [3.8, 4) is 0 Å². The Hall–Kier alpha value is -1.60. The number of nitrogens with one attached hydrogen (secondary N) is 1. The molecule has 122 valence electrons. The van der Waals surface area contributed by atoms with Crippen molar-refractivity contribution in [1.82, 2.24) is 10.2 Å². The van der Waals surface area contributed by atoms with Crippen molar-refractivity contribution in [2.24, 2.45) is 0 Å². The van der Waals surface area contributed by atoms with Gasteiger partial charge >= 0.3 is 0 Å². The third kappa shape index (κ3) is 4.20. The smallest absolute Gasteiger partial charge is 0.235 e. The molecule has 1 heterocycles. The molecule has 0 saturated heterocycles. The molecule has 7 heteroatoms. The molecule has 0 spiro atoms. The average molecular weight is 325 g/mol. The van der Waals surface area contributed by atoms with Gasteiger partial charge in [0.1, 0.15) is 0 Å². The highest BCUT2D eigenvalue weighted by atomic mass is 32.2. The number of nitrogens with zero attached hydrogens (tertiary/aromatic N) is 2. The molecule has 1 aromatic carbocycles. The van der Waals surface area contributed by atoms with Crippen LogP contribution in [0, 0.1) is 0 Å². The van der Waals surface area contributed by atoms with Crippen molar-refractivity contribution >= 4 is 21.6 Å². The van der Waals surface area contributed by atoms with Crippen LogP contribution in [0.2, 0.25) is 0 Å². The highest BCUT2D eigenvalue weighted by Gasteiger charge is 2.29. The van der Waals surface area contributed by atoms with Gasteiger partial charge in [-0.3, -0.25) is 9.10 Å². The number of carbonyl (C=O) groups excluding carboxylic acids is 1. The van der Waals surface area contributed by atoms with E-state index >= 15 is 0 Å². The Balaban J connectivity index is 1.89. The van der Waals surface area contributed by atoms with Crippen molar-refractivity contribution in [2.45, 2.75) is 12.8 Å². The lowest BCUT2D eigenvalue weighted by Crippen LogP contribution is -2.35. The van der Waals surface area contributed by atoms with E-state index in [4.69, 9.17) is 0 Å². The van der Waals surface area contributed by atoms with Gasteiger partial charge < -0.3 is 10.2 Å². The Morgan fingerprint density at radius 2 is 2.05 bits per heavy atom. The van der Waals surface area contributed by atoms with Gasteiger partial charge in [-0.25, -0.2) is 8.42 Å². The number of hydrogen-bond donors (Lipinski definition) is 1. The van der Waals surface area contributed by atoms with E-state index in [0.717, 1.165) is 24.2 Å². The number of likely N-dealkylation sites (N-methyl/N-ethyl adjacent to an activating group) is 1. The molecule has 0 bridgehead atoms. The van der Waals surface area contributed by atoms with Crippen molar-refractivity contribution in [1.29, 1.82) is 0 Å². The topological polar surface area (TPSA) is 69.7 Å². The minimum absolute atomic E-state index is 0.00553. The van der Waals surface area contributed by atoms with Gasteiger partial charge in [0.25, 0.3) is 0 Å². The number of anilines is 1. The van der Waals surface area contributed by atoms with E-state index in [9.17, 15) is 13.2 Å². The molecule has 1 aliphatic rings. The van der Waals surface area contributed by atoms with Crippen LogP contribution in [0.5, 0.6) is 0 Å². The van der Waals surface area contributed by atoms with Crippen molar-refractivity contribution in [2.75, 3.05) is 43.8 Å². The lowest BCUT2D eigenvalue weighted by Gasteiger charge is -2.19. The Morgan fingerprint density at radius 3 is 2.77 bits per heavy atom. The zero-order valence-electron chi connectivity index (χ0n) is 13.1. The van der Waals surface area contributed by atoms with E-state index in [2.05, 4.69) is 5.32 Å². The molecule has 6 nitrogen and oxygen atoms in total. The Morgan fingerprint density at radius 1 is 1.32 bits per heavy atom. The summed E-state index contributed by atoms with van der Waals surface area (Å²) in [5.74, 6) is -0.382. The first-order chi connectivity index (χ1) is 10.4. The quantitative estimate of drug-likeness (QED) is 0.790. The van der Waals surface area contributed by atoms with Crippen molar-refractivity contribution in [3.63, 3.8) is 0 Å². The number of hydrogen-bond acceptors (Lipinski definition) is 4. The minimum atomic E-state index is -3.45. The van der Waals surface area contributed by atoms with Crippen LogP contribution in [-0.4, -0.2) is 58.7 Å². The van der Waals surface area contributed by atoms with Gasteiger partial charge in [0, 0.05) is 26.1 Å². The number of fused-ring (bicyclic) bond motifs is 1. The first kappa shape index (κ1) is 16.8. The fourth-order valence-corrected chi connectivity index (χ4v) is 3.95. The normalized spacial score (nSPS) is 14.2. The third-order valence-corrected chi connectivity index (χ3v) is 5.42. The molecule has 1 amide bonds. The van der Waals surface area contributed by atoms with Gasteiger partial charge in [0.2, 0.25) is 15.9 Å². The van der Waals surface area contributed by atoms with Crippen LogP contribution in [0.25, 0.3) is 0 Å². The monoisotopic (exact) mass is 325 g/mol. The van der Waals surface area contributed by atoms with Crippen LogP contribution in [0.4, 0.5) is 5.69 Å². The zero-order valence-corrected chi connectivity index (χ0v) is 13.9. The van der Waals surface area contributed by atoms with Crippen LogP contribution in [0.15, 0.2) is 24.3 Å². The van der Waals surface area contributed by atoms with E-state index in [1.165, 1.54) is 4.31 Å². The van der Waals surface area contributed by atoms with E-state index in [1.54, 1.807) is 0 Å². The number of benzene rings is 1. The summed E-state index contributed by atoms with van der Waals surface area (Å²) in [5.41, 5.74) is 1.79. The fraction of sp³-hybridized carbons (Fsp3) is 0.533. The van der Waals surface area contributed by atoms with Crippen LogP contribution >= 0.6 is 0 Å². The molecule has 1 aliphatic heterocycles. The summed E-state index contributed by atoms with van der Waals surface area (Å²) >= 11 is 0. The number of sulfonamides is 1. The van der Waals surface area contributed by atoms with Crippen molar-refractivity contribution < 1.29 is 13.2 Å². The second-order valence-corrected chi connectivity index (χ2v) is 7.68. The standard InChI is InChI=1S/C15H23N3O3S/c1-17(2)11-9-16-15(19)8-12-22(20,21)18-10-7-13-5-3-4-6-14(13)18/h3-6H,7-12H2,1-2H3,(H,16,19). The molecule has 0 aliphatic carbocycles. The summed E-state index contributed by atoms with van der Waals surface area (Å²) in [6, 6.07) is 7.50. The molecule has 0 aromatic heterocycles. The Labute approximate surface area is 132 Å². The summed E-state index contributed by atoms with van der Waals surface area (Å²) in [6.45, 7) is 1.72. The first-order valence-corrected chi connectivity index (χ1v) is 9.01. The fourth-order valence-electron chi connectivity index (χ4n) is 2.44. The predicted molar refractivity (Wildman–Crippen MR) is 87.5 cm³/mol. The maximum Gasteiger partial charge on any atom is 0.235 e. The molecule has 1 N–H and O–H groups in total. The third-order valence-electron chi connectivity index (χ3n) is 3.65. The summed E-state index contributed by atoms with van der Waals surface area (Å²) in [4.78, 5) is 13.7. The van der Waals surface area contributed by atoms with Crippen LogP contribution < -0.4 is 9.62 Å². The van der Waals surface area contributed by atoms with Gasteiger partial charge in [-0.1, -0.05) is 18.2 Å². The van der Waals surface area contributed by atoms with Gasteiger partial charge in [-0.15, -0.1) is 0 Å². The molecule has 0 fully saturated rings. The number of carbonyl (C=O) groups is 1. The maximum absolute atomic E-state index is 12.4. The number of rotatable bonds is 7. The van der Waals surface area contributed by atoms with E-state index in [0.29, 0.717) is 13.1 Å². The SMILES string of the molecule is CN(C)CCNC(=O)CCS(=O)(=O)N1CCc2ccccc21. The molecule has 2 rings (SSSR count). The van der Waals surface area contributed by atoms with Crippen LogP contribution in [-0.2, 0) is 21.2 Å². The zero-order chi connectivity index (χ0) is 16.2. The van der Waals surface area contributed by atoms with Gasteiger partial charge in [-0.05, 0) is 32.1 Å². The average Bonchev–Trinajstić information content (AvgIpc) is 2.89. The second-order valence-electron chi connectivity index (χ2n) is 5.67. The molecular weight excluding hydrogens is 302 g/mol. The first-order valence-electron chi connectivity index (χ1n) is 7.40. The molecule has 0 saturated carbocycles. The lowest BCUT2D eigenvalue weighted by molar-refractivity contribution is -0.120. The largest absolute Gasteiger partial charge is 0.355 e. The van der Waals surface area contributed by atoms with Crippen molar-refractivity contribution in [3.05, 3.63) is 29.8 Å². The van der Waals surface area contributed by atoms with Crippen LogP contribution in [0.1, 0.15) is 12.0 Å². The molecule has 22 heavy (non-hydrogen) atoms. The van der Waals surface area contributed by atoms with Crippen LogP contribution in [0.3, 0.4) is 0 Å². The minimum Gasteiger partial charge on any atom is -0.355 e. The summed E-state index contributed by atoms with van der Waals surface area (Å²) in [5, 5.41) is 2.73. The van der Waals surface area contributed by atoms with E-state index in [-0.39, 0.29) is 18.1 Å². The Bertz CT molecular complexity index is 629. The summed E-state index contributed by atoms with van der Waals surface area (Å²) in [7, 11) is 0.388. The Kier molecular flexibility index (Phi) is 5.42. The summed E-state index contributed by atoms with van der Waals surface area (Å²) in [6.07, 6.45) is 0.721. The highest BCUT2D eigenvalue weighted by molar-refractivity contribution is 7.92. The summed E-state index contributed by atoms with van der Waals surface area (Å²) < 4.78 is 26.3. The maximum atomic E-state index is 12.4. The molecule has 0 unspecified atom stereocenters. The number of para-hydroxylation sites is 1. The van der Waals surface area contributed by atoms with E-state index < -0.39 is 10.0 Å². The van der Waals surface area contributed by atoms with Gasteiger partial charge in [-0.2, -0.15) is 0 Å². The van der Waals surface area contributed by atoms with Gasteiger partial charge in [0.05, 0.1) is 11.4 Å². The molecular formula is C15H23N3O3S. The number of amides is 1. The van der Waals surface area contributed by atoms with E-state index in [1.807, 2.05) is 43.3 Å². The molecule has 0 atom stereocenters. The predicted octanol–water partition coefficient (Wildman–Crippen LogP) is 0.447. The van der Waals surface area contributed by atoms with Gasteiger partial charge in [0.15, 0.2) is 0 Å². The lowest BCUT2D eigenvalue weighted by atomic mass is 10.2.